The van der Waals surface area contributed by atoms with Crippen molar-refractivity contribution in [2.24, 2.45) is 0 Å². The van der Waals surface area contributed by atoms with E-state index in [2.05, 4.69) is 49.4 Å². The summed E-state index contributed by atoms with van der Waals surface area (Å²) < 4.78 is 0. The highest BCUT2D eigenvalue weighted by Crippen LogP contribution is 2.36. The van der Waals surface area contributed by atoms with Crippen LogP contribution >= 0.6 is 11.8 Å². The second-order valence-corrected chi connectivity index (χ2v) is 6.58. The van der Waals surface area contributed by atoms with Crippen LogP contribution in [0, 0.1) is 0 Å². The van der Waals surface area contributed by atoms with E-state index < -0.39 is 0 Å². The third-order valence-electron chi connectivity index (χ3n) is 3.69. The molecule has 1 nitrogen and oxygen atoms in total. The molecule has 19 heavy (non-hydrogen) atoms. The maximum Gasteiger partial charge on any atom is 0.0803 e. The molecule has 0 bridgehead atoms. The molecule has 0 saturated carbocycles. The number of rotatable bonds is 1. The fraction of sp³-hybridized carbons (Fsp3) is 0.294. The molecule has 98 valence electrons. The summed E-state index contributed by atoms with van der Waals surface area (Å²) in [6.45, 7) is 2.19. The summed E-state index contributed by atoms with van der Waals surface area (Å²) in [7, 11) is 0. The molecule has 1 aliphatic rings. The van der Waals surface area contributed by atoms with Crippen molar-refractivity contribution in [2.75, 3.05) is 0 Å². The molecule has 1 N–H and O–H groups in total. The van der Waals surface area contributed by atoms with E-state index in [9.17, 15) is 5.11 Å². The molecule has 1 unspecified atom stereocenters. The molecule has 2 aromatic rings. The van der Waals surface area contributed by atoms with Crippen LogP contribution in [0.25, 0.3) is 11.1 Å². The van der Waals surface area contributed by atoms with Gasteiger partial charge in [-0.05, 0) is 34.7 Å². The molecule has 2 heteroatoms. The van der Waals surface area contributed by atoms with Crippen LogP contribution in [0.4, 0.5) is 0 Å². The summed E-state index contributed by atoms with van der Waals surface area (Å²) in [5, 5.41) is 10.9. The molecule has 0 amide bonds. The Hall–Kier alpha value is -1.25. The lowest BCUT2D eigenvalue weighted by molar-refractivity contribution is 0.168. The SMILES string of the molecule is CC1C[C@H](O)c2cc(-c3ccccc3)ccc2CS1. The molecule has 0 radical (unpaired) electrons. The highest BCUT2D eigenvalue weighted by Gasteiger charge is 2.21. The number of fused-ring (bicyclic) bond motifs is 1. The lowest BCUT2D eigenvalue weighted by Crippen LogP contribution is -2.03. The minimum absolute atomic E-state index is 0.330. The van der Waals surface area contributed by atoms with Crippen molar-refractivity contribution in [3.05, 3.63) is 59.7 Å². The number of aliphatic hydroxyl groups excluding tert-OH is 1. The van der Waals surface area contributed by atoms with Crippen LogP contribution in [0.3, 0.4) is 0 Å². The largest absolute Gasteiger partial charge is 0.388 e. The molecule has 2 atom stereocenters. The van der Waals surface area contributed by atoms with Gasteiger partial charge in [0.1, 0.15) is 0 Å². The predicted octanol–water partition coefficient (Wildman–Crippen LogP) is 4.41. The average molecular weight is 270 g/mol. The molecular weight excluding hydrogens is 252 g/mol. The van der Waals surface area contributed by atoms with Crippen LogP contribution in [-0.2, 0) is 5.75 Å². The van der Waals surface area contributed by atoms with Crippen LogP contribution in [-0.4, -0.2) is 10.4 Å². The molecule has 0 aromatic heterocycles. The number of thioether (sulfide) groups is 1. The van der Waals surface area contributed by atoms with Gasteiger partial charge in [0.15, 0.2) is 0 Å². The minimum Gasteiger partial charge on any atom is -0.388 e. The van der Waals surface area contributed by atoms with Crippen molar-refractivity contribution >= 4 is 11.8 Å². The second kappa shape index (κ2) is 5.40. The Morgan fingerprint density at radius 3 is 2.63 bits per heavy atom. The molecule has 3 rings (SSSR count). The van der Waals surface area contributed by atoms with Gasteiger partial charge in [-0.25, -0.2) is 0 Å². The van der Waals surface area contributed by atoms with Crippen LogP contribution in [0.1, 0.15) is 30.6 Å². The molecule has 1 aliphatic heterocycles. The van der Waals surface area contributed by atoms with Crippen LogP contribution in [0.2, 0.25) is 0 Å². The van der Waals surface area contributed by atoms with E-state index in [-0.39, 0.29) is 6.10 Å². The fourth-order valence-electron chi connectivity index (χ4n) is 2.59. The Kier molecular flexibility index (Phi) is 3.63. The van der Waals surface area contributed by atoms with Crippen molar-refractivity contribution in [3.63, 3.8) is 0 Å². The van der Waals surface area contributed by atoms with Crippen LogP contribution < -0.4 is 0 Å². The van der Waals surface area contributed by atoms with E-state index in [4.69, 9.17) is 0 Å². The van der Waals surface area contributed by atoms with E-state index in [1.54, 1.807) is 0 Å². The van der Waals surface area contributed by atoms with Gasteiger partial charge in [-0.3, -0.25) is 0 Å². The van der Waals surface area contributed by atoms with Gasteiger partial charge in [-0.1, -0.05) is 49.4 Å². The number of hydrogen-bond donors (Lipinski definition) is 1. The lowest BCUT2D eigenvalue weighted by atomic mass is 9.95. The molecular formula is C17H18OS. The Morgan fingerprint density at radius 1 is 1.05 bits per heavy atom. The first-order valence-electron chi connectivity index (χ1n) is 6.72. The summed E-state index contributed by atoms with van der Waals surface area (Å²) in [6, 6.07) is 16.9. The summed E-state index contributed by atoms with van der Waals surface area (Å²) in [5.41, 5.74) is 4.79. The van der Waals surface area contributed by atoms with Crippen molar-refractivity contribution < 1.29 is 5.11 Å². The second-order valence-electron chi connectivity index (χ2n) is 5.15. The zero-order valence-corrected chi connectivity index (χ0v) is 11.9. The molecule has 0 spiro atoms. The summed E-state index contributed by atoms with van der Waals surface area (Å²) in [4.78, 5) is 0. The maximum absolute atomic E-state index is 10.4. The molecule has 2 aromatic carbocycles. The number of hydrogen-bond acceptors (Lipinski definition) is 2. The van der Waals surface area contributed by atoms with Crippen molar-refractivity contribution in [1.82, 2.24) is 0 Å². The van der Waals surface area contributed by atoms with Gasteiger partial charge < -0.3 is 5.11 Å². The van der Waals surface area contributed by atoms with Gasteiger partial charge in [0.25, 0.3) is 0 Å². The highest BCUT2D eigenvalue weighted by molar-refractivity contribution is 7.99. The summed E-state index contributed by atoms with van der Waals surface area (Å²) >= 11 is 1.93. The standard InChI is InChI=1S/C17H18OS/c1-12-9-17(18)16-10-14(7-8-15(16)11-19-12)13-5-3-2-4-6-13/h2-8,10,12,17-18H,9,11H2,1H3/t12?,17-/m0/s1. The maximum atomic E-state index is 10.4. The van der Waals surface area contributed by atoms with Gasteiger partial charge in [0.2, 0.25) is 0 Å². The lowest BCUT2D eigenvalue weighted by Gasteiger charge is -2.14. The van der Waals surface area contributed by atoms with Gasteiger partial charge in [0, 0.05) is 11.0 Å². The fourth-order valence-corrected chi connectivity index (χ4v) is 3.63. The number of aliphatic hydroxyl groups is 1. The van der Waals surface area contributed by atoms with E-state index >= 15 is 0 Å². The first kappa shape index (κ1) is 12.8. The summed E-state index contributed by atoms with van der Waals surface area (Å²) in [5.74, 6) is 1.00. The highest BCUT2D eigenvalue weighted by atomic mass is 32.2. The molecule has 0 saturated heterocycles. The van der Waals surface area contributed by atoms with Gasteiger partial charge in [0.05, 0.1) is 6.10 Å². The predicted molar refractivity (Wildman–Crippen MR) is 82.2 cm³/mol. The van der Waals surface area contributed by atoms with Crippen LogP contribution in [0.15, 0.2) is 48.5 Å². The van der Waals surface area contributed by atoms with Gasteiger partial charge in [-0.2, -0.15) is 11.8 Å². The van der Waals surface area contributed by atoms with Gasteiger partial charge in [-0.15, -0.1) is 0 Å². The Labute approximate surface area is 118 Å². The summed E-state index contributed by atoms with van der Waals surface area (Å²) in [6.07, 6.45) is 0.513. The zero-order valence-electron chi connectivity index (χ0n) is 11.0. The van der Waals surface area contributed by atoms with E-state index in [0.717, 1.165) is 17.7 Å². The Morgan fingerprint density at radius 2 is 1.84 bits per heavy atom. The van der Waals surface area contributed by atoms with Crippen molar-refractivity contribution in [3.8, 4) is 11.1 Å². The third kappa shape index (κ3) is 2.70. The van der Waals surface area contributed by atoms with Crippen molar-refractivity contribution in [2.45, 2.75) is 30.5 Å². The average Bonchev–Trinajstić information content (AvgIpc) is 2.59. The number of benzene rings is 2. The molecule has 1 heterocycles. The molecule has 0 aliphatic carbocycles. The molecule has 0 fully saturated rings. The smallest absolute Gasteiger partial charge is 0.0803 e. The first-order valence-corrected chi connectivity index (χ1v) is 7.77. The topological polar surface area (TPSA) is 20.2 Å². The monoisotopic (exact) mass is 270 g/mol. The quantitative estimate of drug-likeness (QED) is 0.828. The third-order valence-corrected chi connectivity index (χ3v) is 4.93. The minimum atomic E-state index is -0.330. The van der Waals surface area contributed by atoms with E-state index in [1.807, 2.05) is 17.8 Å². The Bertz CT molecular complexity index is 565. The first-order chi connectivity index (χ1) is 9.24. The van der Waals surface area contributed by atoms with E-state index in [0.29, 0.717) is 5.25 Å². The van der Waals surface area contributed by atoms with Crippen molar-refractivity contribution in [1.29, 1.82) is 0 Å². The van der Waals surface area contributed by atoms with Crippen LogP contribution in [0.5, 0.6) is 0 Å². The Balaban J connectivity index is 2.02. The van der Waals surface area contributed by atoms with Gasteiger partial charge >= 0.3 is 0 Å². The normalized spacial score (nSPS) is 22.6. The zero-order chi connectivity index (χ0) is 13.2. The van der Waals surface area contributed by atoms with E-state index in [1.165, 1.54) is 16.7 Å².